The van der Waals surface area contributed by atoms with Crippen molar-refractivity contribution in [2.75, 3.05) is 12.4 Å². The molecule has 2 rings (SSSR count). The number of rotatable bonds is 3. The average Bonchev–Trinajstić information content (AvgIpc) is 2.50. The molecule has 0 aliphatic rings. The summed E-state index contributed by atoms with van der Waals surface area (Å²) in [7, 11) is 1.28. The SMILES string of the molecule is COC(=O)c1ccc(NC(=O)c2ccc(Cl)c(F)c2)cc1. The number of carbonyl (C=O) groups is 2. The molecule has 0 bridgehead atoms. The summed E-state index contributed by atoms with van der Waals surface area (Å²) >= 11 is 5.56. The van der Waals surface area contributed by atoms with Gasteiger partial charge in [0.05, 0.1) is 17.7 Å². The molecule has 21 heavy (non-hydrogen) atoms. The molecule has 4 nitrogen and oxygen atoms in total. The number of methoxy groups -OCH3 is 1. The lowest BCUT2D eigenvalue weighted by Gasteiger charge is -2.06. The predicted molar refractivity (Wildman–Crippen MR) is 77.1 cm³/mol. The molecule has 0 radical (unpaired) electrons. The molecule has 6 heteroatoms. The molecule has 0 fully saturated rings. The largest absolute Gasteiger partial charge is 0.465 e. The first-order chi connectivity index (χ1) is 10.0. The van der Waals surface area contributed by atoms with Gasteiger partial charge in [0, 0.05) is 11.3 Å². The van der Waals surface area contributed by atoms with Gasteiger partial charge in [0.2, 0.25) is 0 Å². The highest BCUT2D eigenvalue weighted by atomic mass is 35.5. The summed E-state index contributed by atoms with van der Waals surface area (Å²) in [5.41, 5.74) is 0.991. The molecule has 0 saturated heterocycles. The van der Waals surface area contributed by atoms with Crippen molar-refractivity contribution < 1.29 is 18.7 Å². The maximum Gasteiger partial charge on any atom is 0.337 e. The van der Waals surface area contributed by atoms with Crippen LogP contribution in [0.3, 0.4) is 0 Å². The Balaban J connectivity index is 2.12. The number of benzene rings is 2. The zero-order chi connectivity index (χ0) is 15.4. The highest BCUT2D eigenvalue weighted by molar-refractivity contribution is 6.30. The molecular formula is C15H11ClFNO3. The number of carbonyl (C=O) groups excluding carboxylic acids is 2. The summed E-state index contributed by atoms with van der Waals surface area (Å²) < 4.78 is 17.9. The quantitative estimate of drug-likeness (QED) is 0.883. The van der Waals surface area contributed by atoms with Gasteiger partial charge in [-0.25, -0.2) is 9.18 Å². The van der Waals surface area contributed by atoms with E-state index in [1.54, 1.807) is 12.1 Å². The number of nitrogens with one attached hydrogen (secondary N) is 1. The van der Waals surface area contributed by atoms with E-state index in [0.717, 1.165) is 6.07 Å². The third-order valence-corrected chi connectivity index (χ3v) is 3.05. The van der Waals surface area contributed by atoms with Gasteiger partial charge in [-0.3, -0.25) is 4.79 Å². The smallest absolute Gasteiger partial charge is 0.337 e. The van der Waals surface area contributed by atoms with Crippen molar-refractivity contribution in [3.05, 3.63) is 64.4 Å². The maximum atomic E-state index is 13.3. The van der Waals surface area contributed by atoms with Crippen LogP contribution in [0.2, 0.25) is 5.02 Å². The van der Waals surface area contributed by atoms with Gasteiger partial charge in [-0.15, -0.1) is 0 Å². The predicted octanol–water partition coefficient (Wildman–Crippen LogP) is 3.52. The van der Waals surface area contributed by atoms with Gasteiger partial charge in [0.1, 0.15) is 5.82 Å². The van der Waals surface area contributed by atoms with E-state index in [9.17, 15) is 14.0 Å². The standard InChI is InChI=1S/C15H11ClFNO3/c1-21-15(20)9-2-5-11(6-3-9)18-14(19)10-4-7-12(16)13(17)8-10/h2-8H,1H3,(H,18,19). The van der Waals surface area contributed by atoms with Gasteiger partial charge in [0.25, 0.3) is 5.91 Å². The van der Waals surface area contributed by atoms with Crippen LogP contribution in [0.25, 0.3) is 0 Å². The summed E-state index contributed by atoms with van der Waals surface area (Å²) in [6.07, 6.45) is 0. The van der Waals surface area contributed by atoms with Crippen LogP contribution >= 0.6 is 11.6 Å². The molecule has 0 aliphatic heterocycles. The Morgan fingerprint density at radius 3 is 2.29 bits per heavy atom. The van der Waals surface area contributed by atoms with Gasteiger partial charge in [-0.2, -0.15) is 0 Å². The van der Waals surface area contributed by atoms with Crippen molar-refractivity contribution in [3.63, 3.8) is 0 Å². The van der Waals surface area contributed by atoms with E-state index in [4.69, 9.17) is 11.6 Å². The monoisotopic (exact) mass is 307 g/mol. The van der Waals surface area contributed by atoms with Crippen LogP contribution in [-0.4, -0.2) is 19.0 Å². The number of amides is 1. The lowest BCUT2D eigenvalue weighted by molar-refractivity contribution is 0.0600. The van der Waals surface area contributed by atoms with Crippen LogP contribution in [0.1, 0.15) is 20.7 Å². The number of anilines is 1. The summed E-state index contributed by atoms with van der Waals surface area (Å²) in [6.45, 7) is 0. The van der Waals surface area contributed by atoms with Crippen molar-refractivity contribution in [2.45, 2.75) is 0 Å². The lowest BCUT2D eigenvalue weighted by atomic mass is 10.2. The van der Waals surface area contributed by atoms with E-state index >= 15 is 0 Å². The number of esters is 1. The lowest BCUT2D eigenvalue weighted by Crippen LogP contribution is -2.12. The van der Waals surface area contributed by atoms with E-state index in [1.807, 2.05) is 0 Å². The van der Waals surface area contributed by atoms with Gasteiger partial charge in [-0.05, 0) is 42.5 Å². The second-order valence-electron chi connectivity index (χ2n) is 4.15. The summed E-state index contributed by atoms with van der Waals surface area (Å²) in [5.74, 6) is -1.60. The average molecular weight is 308 g/mol. The highest BCUT2D eigenvalue weighted by Gasteiger charge is 2.10. The fraction of sp³-hybridized carbons (Fsp3) is 0.0667. The van der Waals surface area contributed by atoms with Crippen LogP contribution < -0.4 is 5.32 Å². The zero-order valence-electron chi connectivity index (χ0n) is 11.0. The Hall–Kier alpha value is -2.40. The topological polar surface area (TPSA) is 55.4 Å². The number of hydrogen-bond acceptors (Lipinski definition) is 3. The third kappa shape index (κ3) is 3.58. The van der Waals surface area contributed by atoms with Crippen LogP contribution in [0, 0.1) is 5.82 Å². The maximum absolute atomic E-state index is 13.3. The van der Waals surface area contributed by atoms with Crippen molar-refractivity contribution in [2.24, 2.45) is 0 Å². The Labute approximate surface area is 125 Å². The van der Waals surface area contributed by atoms with E-state index < -0.39 is 17.7 Å². The molecule has 0 atom stereocenters. The molecule has 1 amide bonds. The molecule has 0 unspecified atom stereocenters. The molecule has 108 valence electrons. The second kappa shape index (κ2) is 6.37. The van der Waals surface area contributed by atoms with Gasteiger partial charge >= 0.3 is 5.97 Å². The van der Waals surface area contributed by atoms with Crippen LogP contribution in [0.5, 0.6) is 0 Å². The Bertz CT molecular complexity index is 686. The minimum Gasteiger partial charge on any atom is -0.465 e. The zero-order valence-corrected chi connectivity index (χ0v) is 11.8. The van der Waals surface area contributed by atoms with E-state index in [2.05, 4.69) is 10.1 Å². The van der Waals surface area contributed by atoms with Crippen molar-refractivity contribution in [1.82, 2.24) is 0 Å². The van der Waals surface area contributed by atoms with Crippen LogP contribution in [0.15, 0.2) is 42.5 Å². The fourth-order valence-corrected chi connectivity index (χ4v) is 1.77. The first-order valence-electron chi connectivity index (χ1n) is 5.96. The minimum absolute atomic E-state index is 0.0472. The highest BCUT2D eigenvalue weighted by Crippen LogP contribution is 2.17. The molecule has 1 N–H and O–H groups in total. The Kier molecular flexibility index (Phi) is 4.55. The molecule has 0 spiro atoms. The van der Waals surface area contributed by atoms with E-state index in [1.165, 1.54) is 31.4 Å². The minimum atomic E-state index is -0.662. The Morgan fingerprint density at radius 1 is 1.10 bits per heavy atom. The van der Waals surface area contributed by atoms with Gasteiger partial charge in [0.15, 0.2) is 0 Å². The molecule has 2 aromatic rings. The van der Waals surface area contributed by atoms with Crippen molar-refractivity contribution >= 4 is 29.2 Å². The second-order valence-corrected chi connectivity index (χ2v) is 4.56. The van der Waals surface area contributed by atoms with Gasteiger partial charge in [-0.1, -0.05) is 11.6 Å². The summed E-state index contributed by atoms with van der Waals surface area (Å²) in [6, 6.07) is 9.93. The molecule has 0 aromatic heterocycles. The number of halogens is 2. The number of ether oxygens (including phenoxy) is 1. The Morgan fingerprint density at radius 2 is 1.71 bits per heavy atom. The molecular weight excluding hydrogens is 297 g/mol. The molecule has 0 saturated carbocycles. The van der Waals surface area contributed by atoms with Crippen LogP contribution in [0.4, 0.5) is 10.1 Å². The molecule has 0 heterocycles. The van der Waals surface area contributed by atoms with Crippen LogP contribution in [-0.2, 0) is 4.74 Å². The van der Waals surface area contributed by atoms with Gasteiger partial charge < -0.3 is 10.1 Å². The number of hydrogen-bond donors (Lipinski definition) is 1. The summed E-state index contributed by atoms with van der Waals surface area (Å²) in [5, 5.41) is 2.54. The van der Waals surface area contributed by atoms with E-state index in [-0.39, 0.29) is 10.6 Å². The molecule has 2 aromatic carbocycles. The summed E-state index contributed by atoms with van der Waals surface area (Å²) in [4.78, 5) is 23.2. The molecule has 0 aliphatic carbocycles. The first kappa shape index (κ1) is 15.0. The first-order valence-corrected chi connectivity index (χ1v) is 6.34. The van der Waals surface area contributed by atoms with Crippen molar-refractivity contribution in [3.8, 4) is 0 Å². The fourth-order valence-electron chi connectivity index (χ4n) is 1.65. The van der Waals surface area contributed by atoms with Crippen molar-refractivity contribution in [1.29, 1.82) is 0 Å². The van der Waals surface area contributed by atoms with E-state index in [0.29, 0.717) is 11.3 Å². The third-order valence-electron chi connectivity index (χ3n) is 2.75. The normalized spacial score (nSPS) is 10.0.